The van der Waals surface area contributed by atoms with Crippen molar-refractivity contribution in [1.82, 2.24) is 14.5 Å². The number of piperidine rings is 1. The maximum atomic E-state index is 12.7. The van der Waals surface area contributed by atoms with Crippen LogP contribution in [0.4, 0.5) is 0 Å². The topological polar surface area (TPSA) is 52.7 Å². The highest BCUT2D eigenvalue weighted by Crippen LogP contribution is 2.21. The van der Waals surface area contributed by atoms with Crippen LogP contribution in [0.1, 0.15) is 26.2 Å². The fraction of sp³-hybridized carbons (Fsp3) is 1.00. The van der Waals surface area contributed by atoms with E-state index < -0.39 is 10.0 Å². The molecule has 5 nitrogen and oxygen atoms in total. The van der Waals surface area contributed by atoms with E-state index in [-0.39, 0.29) is 11.3 Å². The predicted octanol–water partition coefficient (Wildman–Crippen LogP) is 0.0942. The predicted molar refractivity (Wildman–Crippen MR) is 73.1 cm³/mol. The van der Waals surface area contributed by atoms with E-state index in [9.17, 15) is 8.42 Å². The highest BCUT2D eigenvalue weighted by molar-refractivity contribution is 7.89. The molecule has 2 unspecified atom stereocenters. The van der Waals surface area contributed by atoms with Gasteiger partial charge >= 0.3 is 0 Å². The summed E-state index contributed by atoms with van der Waals surface area (Å²) in [7, 11) is -1.07. The quantitative estimate of drug-likeness (QED) is 0.776. The molecule has 2 aliphatic rings. The lowest BCUT2D eigenvalue weighted by atomic mass is 10.2. The van der Waals surface area contributed by atoms with E-state index in [1.807, 2.05) is 6.92 Å². The van der Waals surface area contributed by atoms with Crippen LogP contribution in [-0.2, 0) is 10.0 Å². The minimum absolute atomic E-state index is 0.0874. The summed E-state index contributed by atoms with van der Waals surface area (Å²) in [5, 5.41) is 2.98. The summed E-state index contributed by atoms with van der Waals surface area (Å²) in [4.78, 5) is 2.22. The molecule has 106 valence electrons. The van der Waals surface area contributed by atoms with Gasteiger partial charge in [-0.15, -0.1) is 0 Å². The van der Waals surface area contributed by atoms with Crippen LogP contribution < -0.4 is 5.32 Å². The maximum absolute atomic E-state index is 12.7. The third-order valence-corrected chi connectivity index (χ3v) is 6.43. The van der Waals surface area contributed by atoms with E-state index in [0.717, 1.165) is 38.9 Å². The lowest BCUT2D eigenvalue weighted by Crippen LogP contribution is -2.50. The second-order valence-corrected chi connectivity index (χ2v) is 7.75. The van der Waals surface area contributed by atoms with Gasteiger partial charge < -0.3 is 10.2 Å². The summed E-state index contributed by atoms with van der Waals surface area (Å²) in [6, 6.07) is 0.0874. The molecule has 0 aromatic heterocycles. The highest BCUT2D eigenvalue weighted by Gasteiger charge is 2.36. The Hall–Kier alpha value is -0.170. The molecule has 18 heavy (non-hydrogen) atoms. The summed E-state index contributed by atoms with van der Waals surface area (Å²) >= 11 is 0. The van der Waals surface area contributed by atoms with Crippen LogP contribution in [0.15, 0.2) is 0 Å². The van der Waals surface area contributed by atoms with Crippen LogP contribution in [-0.4, -0.2) is 68.7 Å². The zero-order chi connectivity index (χ0) is 13.2. The smallest absolute Gasteiger partial charge is 0.218 e. The lowest BCUT2D eigenvalue weighted by Gasteiger charge is -2.32. The first-order chi connectivity index (χ1) is 8.51. The minimum atomic E-state index is -3.14. The number of hydrogen-bond donors (Lipinski definition) is 1. The number of rotatable bonds is 2. The highest BCUT2D eigenvalue weighted by atomic mass is 32.2. The molecule has 0 radical (unpaired) electrons. The van der Waals surface area contributed by atoms with Crippen LogP contribution in [0.5, 0.6) is 0 Å². The normalized spacial score (nSPS) is 33.2. The van der Waals surface area contributed by atoms with Crippen molar-refractivity contribution in [2.24, 2.45) is 0 Å². The number of hydrogen-bond acceptors (Lipinski definition) is 4. The average molecular weight is 275 g/mol. The molecule has 0 saturated carbocycles. The van der Waals surface area contributed by atoms with Crippen molar-refractivity contribution in [3.8, 4) is 0 Å². The summed E-state index contributed by atoms with van der Waals surface area (Å²) in [5.74, 6) is 0. The van der Waals surface area contributed by atoms with E-state index in [4.69, 9.17) is 0 Å². The van der Waals surface area contributed by atoms with E-state index >= 15 is 0 Å². The van der Waals surface area contributed by atoms with Crippen molar-refractivity contribution in [3.05, 3.63) is 0 Å². The maximum Gasteiger partial charge on any atom is 0.218 e. The van der Waals surface area contributed by atoms with Gasteiger partial charge in [0, 0.05) is 25.7 Å². The standard InChI is InChI=1S/C12H25N3O2S/c1-11-10-14(2)7-4-8-15(11)18(16,17)12-5-3-6-13-9-12/h11-13H,3-10H2,1-2H3. The SMILES string of the molecule is CC1CN(C)CCCN1S(=O)(=O)C1CCCNC1. The van der Waals surface area contributed by atoms with Crippen molar-refractivity contribution < 1.29 is 8.42 Å². The van der Waals surface area contributed by atoms with Crippen LogP contribution in [0.2, 0.25) is 0 Å². The molecule has 2 heterocycles. The van der Waals surface area contributed by atoms with Crippen molar-refractivity contribution in [3.63, 3.8) is 0 Å². The van der Waals surface area contributed by atoms with E-state index in [2.05, 4.69) is 17.3 Å². The van der Waals surface area contributed by atoms with Gasteiger partial charge in [0.2, 0.25) is 10.0 Å². The third-order valence-electron chi connectivity index (χ3n) is 3.99. The Morgan fingerprint density at radius 2 is 2.00 bits per heavy atom. The molecule has 0 aromatic carbocycles. The Balaban J connectivity index is 2.12. The molecule has 2 atom stereocenters. The van der Waals surface area contributed by atoms with Crippen LogP contribution >= 0.6 is 0 Å². The van der Waals surface area contributed by atoms with Crippen LogP contribution in [0, 0.1) is 0 Å². The van der Waals surface area contributed by atoms with Gasteiger partial charge in [-0.3, -0.25) is 0 Å². The Labute approximate surface area is 111 Å². The van der Waals surface area contributed by atoms with Gasteiger partial charge in [-0.1, -0.05) is 0 Å². The van der Waals surface area contributed by atoms with E-state index in [1.54, 1.807) is 4.31 Å². The largest absolute Gasteiger partial charge is 0.315 e. The molecular formula is C12H25N3O2S. The van der Waals surface area contributed by atoms with Crippen LogP contribution in [0.3, 0.4) is 0 Å². The van der Waals surface area contributed by atoms with Crippen molar-refractivity contribution in [1.29, 1.82) is 0 Å². The number of nitrogens with one attached hydrogen (secondary N) is 1. The fourth-order valence-corrected chi connectivity index (χ4v) is 5.12. The molecule has 0 aromatic rings. The monoisotopic (exact) mass is 275 g/mol. The summed E-state index contributed by atoms with van der Waals surface area (Å²) < 4.78 is 27.1. The van der Waals surface area contributed by atoms with Gasteiger partial charge in [-0.05, 0) is 46.3 Å². The second-order valence-electron chi connectivity index (χ2n) is 5.59. The van der Waals surface area contributed by atoms with Gasteiger partial charge in [-0.25, -0.2) is 8.42 Å². The van der Waals surface area contributed by atoms with E-state index in [1.165, 1.54) is 0 Å². The first kappa shape index (κ1) is 14.2. The molecule has 2 aliphatic heterocycles. The summed E-state index contributed by atoms with van der Waals surface area (Å²) in [5.41, 5.74) is 0. The van der Waals surface area contributed by atoms with Gasteiger partial charge in [0.05, 0.1) is 5.25 Å². The number of nitrogens with zero attached hydrogens (tertiary/aromatic N) is 2. The van der Waals surface area contributed by atoms with Gasteiger partial charge in [0.25, 0.3) is 0 Å². The zero-order valence-corrected chi connectivity index (χ0v) is 12.2. The van der Waals surface area contributed by atoms with Crippen molar-refractivity contribution >= 4 is 10.0 Å². The number of likely N-dealkylation sites (N-methyl/N-ethyl adjacent to an activating group) is 1. The molecule has 0 amide bonds. The van der Waals surface area contributed by atoms with Gasteiger partial charge in [0.1, 0.15) is 0 Å². The fourth-order valence-electron chi connectivity index (χ4n) is 2.99. The summed E-state index contributed by atoms with van der Waals surface area (Å²) in [6.07, 6.45) is 2.70. The molecule has 0 spiro atoms. The molecule has 1 N–H and O–H groups in total. The Morgan fingerprint density at radius 3 is 2.67 bits per heavy atom. The Kier molecular flexibility index (Phi) is 4.64. The Morgan fingerprint density at radius 1 is 1.22 bits per heavy atom. The minimum Gasteiger partial charge on any atom is -0.315 e. The first-order valence-electron chi connectivity index (χ1n) is 6.91. The van der Waals surface area contributed by atoms with Crippen molar-refractivity contribution in [2.45, 2.75) is 37.5 Å². The summed E-state index contributed by atoms with van der Waals surface area (Å²) in [6.45, 7) is 6.07. The number of sulfonamides is 1. The van der Waals surface area contributed by atoms with Crippen LogP contribution in [0.25, 0.3) is 0 Å². The Bertz CT molecular complexity index is 366. The molecule has 6 heteroatoms. The molecule has 0 bridgehead atoms. The second kappa shape index (κ2) is 5.86. The first-order valence-corrected chi connectivity index (χ1v) is 8.42. The van der Waals surface area contributed by atoms with E-state index in [0.29, 0.717) is 13.1 Å². The third kappa shape index (κ3) is 3.04. The van der Waals surface area contributed by atoms with Gasteiger partial charge in [-0.2, -0.15) is 4.31 Å². The molecule has 2 saturated heterocycles. The molecule has 0 aliphatic carbocycles. The van der Waals surface area contributed by atoms with Crippen molar-refractivity contribution in [2.75, 3.05) is 39.8 Å². The molecular weight excluding hydrogens is 250 g/mol. The zero-order valence-electron chi connectivity index (χ0n) is 11.4. The molecule has 2 rings (SSSR count). The average Bonchev–Trinajstić information content (AvgIpc) is 2.51. The molecule has 2 fully saturated rings. The lowest BCUT2D eigenvalue weighted by molar-refractivity contribution is 0.287. The van der Waals surface area contributed by atoms with Gasteiger partial charge in [0.15, 0.2) is 0 Å².